The molecule has 0 aliphatic heterocycles. The molecular formula is C23H21IN2O4. The van der Waals surface area contributed by atoms with E-state index in [-0.39, 0.29) is 11.3 Å². The molecule has 0 heterocycles. The Morgan fingerprint density at radius 3 is 2.57 bits per heavy atom. The van der Waals surface area contributed by atoms with E-state index < -0.39 is 5.91 Å². The average molecular weight is 516 g/mol. The Bertz CT molecular complexity index is 1040. The van der Waals surface area contributed by atoms with E-state index in [2.05, 4.69) is 33.1 Å². The Kier molecular flexibility index (Phi) is 7.67. The van der Waals surface area contributed by atoms with Crippen LogP contribution in [0.2, 0.25) is 0 Å². The molecule has 0 saturated carbocycles. The van der Waals surface area contributed by atoms with Gasteiger partial charge in [0.1, 0.15) is 12.4 Å². The molecule has 7 heteroatoms. The lowest BCUT2D eigenvalue weighted by Gasteiger charge is -2.14. The maximum absolute atomic E-state index is 12.1. The number of halogens is 1. The SMILES string of the molecule is CCOc1cc(C=NNC(=O)c2ccccc2O)cc(I)c1OCc1ccccc1. The van der Waals surface area contributed by atoms with E-state index in [9.17, 15) is 9.90 Å². The number of carbonyl (C=O) groups excluding carboxylic acids is 1. The van der Waals surface area contributed by atoms with Crippen molar-refractivity contribution in [2.75, 3.05) is 6.61 Å². The van der Waals surface area contributed by atoms with Crippen molar-refractivity contribution in [3.63, 3.8) is 0 Å². The van der Waals surface area contributed by atoms with E-state index in [0.717, 1.165) is 14.7 Å². The maximum Gasteiger partial charge on any atom is 0.275 e. The highest BCUT2D eigenvalue weighted by molar-refractivity contribution is 14.1. The van der Waals surface area contributed by atoms with Gasteiger partial charge in [-0.15, -0.1) is 0 Å². The second kappa shape index (κ2) is 10.6. The fraction of sp³-hybridized carbons (Fsp3) is 0.130. The van der Waals surface area contributed by atoms with Crippen LogP contribution in [0.4, 0.5) is 0 Å². The van der Waals surface area contributed by atoms with Crippen LogP contribution in [-0.2, 0) is 6.61 Å². The van der Waals surface area contributed by atoms with E-state index in [4.69, 9.17) is 9.47 Å². The van der Waals surface area contributed by atoms with Crippen LogP contribution in [0.25, 0.3) is 0 Å². The number of nitrogens with zero attached hydrogens (tertiary/aromatic N) is 1. The van der Waals surface area contributed by atoms with Gasteiger partial charge in [0.15, 0.2) is 11.5 Å². The Labute approximate surface area is 188 Å². The van der Waals surface area contributed by atoms with Gasteiger partial charge in [0.2, 0.25) is 0 Å². The summed E-state index contributed by atoms with van der Waals surface area (Å²) in [6.07, 6.45) is 1.52. The summed E-state index contributed by atoms with van der Waals surface area (Å²) in [4.78, 5) is 12.1. The third-order valence-corrected chi connectivity index (χ3v) is 4.89. The van der Waals surface area contributed by atoms with Crippen LogP contribution in [0.1, 0.15) is 28.4 Å². The zero-order valence-electron chi connectivity index (χ0n) is 16.3. The molecule has 2 N–H and O–H groups in total. The maximum atomic E-state index is 12.1. The van der Waals surface area contributed by atoms with Gasteiger partial charge in [-0.2, -0.15) is 5.10 Å². The Morgan fingerprint density at radius 2 is 1.83 bits per heavy atom. The standard InChI is InChI=1S/C23H21IN2O4/c1-2-29-21-13-17(14-25-26-23(28)18-10-6-7-11-20(18)27)12-19(24)22(21)30-15-16-8-4-3-5-9-16/h3-14,27H,2,15H2,1H3,(H,26,28). The highest BCUT2D eigenvalue weighted by Gasteiger charge is 2.13. The van der Waals surface area contributed by atoms with Gasteiger partial charge in [-0.25, -0.2) is 5.43 Å². The summed E-state index contributed by atoms with van der Waals surface area (Å²) >= 11 is 2.19. The fourth-order valence-electron chi connectivity index (χ4n) is 2.69. The summed E-state index contributed by atoms with van der Waals surface area (Å²) < 4.78 is 12.6. The molecular weight excluding hydrogens is 495 g/mol. The predicted octanol–water partition coefficient (Wildman–Crippen LogP) is 4.74. The monoisotopic (exact) mass is 516 g/mol. The van der Waals surface area contributed by atoms with Crippen molar-refractivity contribution in [3.8, 4) is 17.2 Å². The molecule has 0 aliphatic rings. The summed E-state index contributed by atoms with van der Waals surface area (Å²) in [5.74, 6) is 0.677. The molecule has 0 atom stereocenters. The lowest BCUT2D eigenvalue weighted by Crippen LogP contribution is -2.17. The topological polar surface area (TPSA) is 80.2 Å². The van der Waals surface area contributed by atoms with E-state index in [1.807, 2.05) is 49.4 Å². The quantitative estimate of drug-likeness (QED) is 0.258. The summed E-state index contributed by atoms with van der Waals surface area (Å²) in [6.45, 7) is 2.82. The van der Waals surface area contributed by atoms with E-state index in [1.165, 1.54) is 18.3 Å². The number of hydrogen-bond acceptors (Lipinski definition) is 5. The van der Waals surface area contributed by atoms with Gasteiger partial charge >= 0.3 is 0 Å². The molecule has 3 aromatic rings. The highest BCUT2D eigenvalue weighted by atomic mass is 127. The number of hydrazone groups is 1. The second-order valence-electron chi connectivity index (χ2n) is 6.25. The summed E-state index contributed by atoms with van der Waals surface area (Å²) in [5, 5.41) is 13.7. The largest absolute Gasteiger partial charge is 0.507 e. The molecule has 0 saturated heterocycles. The van der Waals surface area contributed by atoms with E-state index in [0.29, 0.717) is 24.7 Å². The minimum atomic E-state index is -0.494. The second-order valence-corrected chi connectivity index (χ2v) is 7.42. The molecule has 0 spiro atoms. The van der Waals surface area contributed by atoms with Gasteiger partial charge in [-0.3, -0.25) is 4.79 Å². The fourth-order valence-corrected chi connectivity index (χ4v) is 3.47. The minimum Gasteiger partial charge on any atom is -0.507 e. The first-order valence-electron chi connectivity index (χ1n) is 9.33. The molecule has 3 rings (SSSR count). The zero-order chi connectivity index (χ0) is 21.3. The Balaban J connectivity index is 1.73. The van der Waals surface area contributed by atoms with Gasteiger partial charge in [-0.05, 0) is 64.9 Å². The first-order valence-corrected chi connectivity index (χ1v) is 10.4. The molecule has 0 bridgehead atoms. The van der Waals surface area contributed by atoms with E-state index >= 15 is 0 Å². The Hall–Kier alpha value is -3.07. The normalized spacial score (nSPS) is 10.7. The summed E-state index contributed by atoms with van der Waals surface area (Å²) in [5.41, 5.74) is 4.38. The number of ether oxygens (including phenoxy) is 2. The molecule has 0 aromatic heterocycles. The number of benzene rings is 3. The first kappa shape index (κ1) is 21.6. The highest BCUT2D eigenvalue weighted by Crippen LogP contribution is 2.34. The van der Waals surface area contributed by atoms with Gasteiger partial charge in [0, 0.05) is 0 Å². The van der Waals surface area contributed by atoms with Crippen molar-refractivity contribution >= 4 is 34.7 Å². The van der Waals surface area contributed by atoms with Gasteiger partial charge in [-0.1, -0.05) is 42.5 Å². The number of hydrogen-bond donors (Lipinski definition) is 2. The molecule has 0 aliphatic carbocycles. The summed E-state index contributed by atoms with van der Waals surface area (Å²) in [6, 6.07) is 19.9. The molecule has 0 fully saturated rings. The third kappa shape index (κ3) is 5.73. The average Bonchev–Trinajstić information content (AvgIpc) is 2.74. The van der Waals surface area contributed by atoms with Crippen molar-refractivity contribution in [1.82, 2.24) is 5.43 Å². The number of nitrogens with one attached hydrogen (secondary N) is 1. The van der Waals surface area contributed by atoms with Crippen molar-refractivity contribution in [2.45, 2.75) is 13.5 Å². The number of phenolic OH excluding ortho intramolecular Hbond substituents is 1. The van der Waals surface area contributed by atoms with Crippen molar-refractivity contribution < 1.29 is 19.4 Å². The van der Waals surface area contributed by atoms with E-state index in [1.54, 1.807) is 12.1 Å². The van der Waals surface area contributed by atoms with Gasteiger partial charge in [0.05, 0.1) is 22.0 Å². The van der Waals surface area contributed by atoms with Crippen LogP contribution in [0, 0.1) is 3.57 Å². The number of carbonyl (C=O) groups is 1. The number of para-hydroxylation sites is 1. The molecule has 154 valence electrons. The number of aromatic hydroxyl groups is 1. The molecule has 6 nitrogen and oxygen atoms in total. The number of rotatable bonds is 8. The smallest absolute Gasteiger partial charge is 0.275 e. The molecule has 3 aromatic carbocycles. The first-order chi connectivity index (χ1) is 14.6. The molecule has 30 heavy (non-hydrogen) atoms. The predicted molar refractivity (Wildman–Crippen MR) is 124 cm³/mol. The molecule has 1 amide bonds. The van der Waals surface area contributed by atoms with Crippen molar-refractivity contribution in [1.29, 1.82) is 0 Å². The van der Waals surface area contributed by atoms with Crippen LogP contribution in [0.15, 0.2) is 71.8 Å². The van der Waals surface area contributed by atoms with Crippen LogP contribution in [0.5, 0.6) is 17.2 Å². The Morgan fingerprint density at radius 1 is 1.10 bits per heavy atom. The zero-order valence-corrected chi connectivity index (χ0v) is 18.5. The lowest BCUT2D eigenvalue weighted by atomic mass is 10.2. The van der Waals surface area contributed by atoms with Crippen LogP contribution < -0.4 is 14.9 Å². The number of phenols is 1. The van der Waals surface area contributed by atoms with Crippen molar-refractivity contribution in [3.05, 3.63) is 87.0 Å². The number of amides is 1. The molecule has 0 unspecified atom stereocenters. The lowest BCUT2D eigenvalue weighted by molar-refractivity contribution is 0.0952. The summed E-state index contributed by atoms with van der Waals surface area (Å²) in [7, 11) is 0. The van der Waals surface area contributed by atoms with Crippen LogP contribution in [-0.4, -0.2) is 23.8 Å². The minimum absolute atomic E-state index is 0.0988. The van der Waals surface area contributed by atoms with Gasteiger partial charge in [0.25, 0.3) is 5.91 Å². The molecule has 0 radical (unpaired) electrons. The van der Waals surface area contributed by atoms with Crippen molar-refractivity contribution in [2.24, 2.45) is 5.10 Å². The van der Waals surface area contributed by atoms with Crippen LogP contribution in [0.3, 0.4) is 0 Å². The third-order valence-electron chi connectivity index (χ3n) is 4.09. The van der Waals surface area contributed by atoms with Crippen LogP contribution >= 0.6 is 22.6 Å². The van der Waals surface area contributed by atoms with Gasteiger partial charge < -0.3 is 14.6 Å².